The van der Waals surface area contributed by atoms with Crippen LogP contribution in [0.3, 0.4) is 0 Å². The normalized spacial score (nSPS) is 25.5. The number of aromatic amines is 1. The van der Waals surface area contributed by atoms with Gasteiger partial charge in [0.15, 0.2) is 5.69 Å². The molecule has 1 spiro atoms. The minimum absolute atomic E-state index is 0.0319. The fourth-order valence-electron chi connectivity index (χ4n) is 5.67. The maximum Gasteiger partial charge on any atom is 0.274 e. The second-order valence-corrected chi connectivity index (χ2v) is 9.75. The summed E-state index contributed by atoms with van der Waals surface area (Å²) >= 11 is 0. The fraction of sp³-hybridized carbons (Fsp3) is 0.667. The van der Waals surface area contributed by atoms with Crippen molar-refractivity contribution in [1.82, 2.24) is 24.9 Å². The van der Waals surface area contributed by atoms with Crippen molar-refractivity contribution in [3.63, 3.8) is 0 Å². The summed E-state index contributed by atoms with van der Waals surface area (Å²) in [6, 6.07) is 9.08. The van der Waals surface area contributed by atoms with E-state index in [4.69, 9.17) is 4.74 Å². The van der Waals surface area contributed by atoms with Gasteiger partial charge in [0.2, 0.25) is 0 Å². The zero-order valence-corrected chi connectivity index (χ0v) is 18.8. The molecule has 1 aromatic heterocycles. The van der Waals surface area contributed by atoms with Crippen LogP contribution >= 0.6 is 0 Å². The van der Waals surface area contributed by atoms with Gasteiger partial charge in [-0.05, 0) is 45.6 Å². The molecule has 4 heterocycles. The van der Waals surface area contributed by atoms with E-state index < -0.39 is 0 Å². The van der Waals surface area contributed by atoms with Crippen LogP contribution < -0.4 is 0 Å². The summed E-state index contributed by atoms with van der Waals surface area (Å²) in [5.41, 5.74) is 1.38. The average Bonchev–Trinajstić information content (AvgIpc) is 3.23. The maximum atomic E-state index is 13.1. The Labute approximate surface area is 184 Å². The number of likely N-dealkylation sites (tertiary alicyclic amines) is 1. The molecule has 31 heavy (non-hydrogen) atoms. The largest absolute Gasteiger partial charge is 0.375 e. The SMILES string of the molecule is CC(C)N1CCN(C2CCOC3(CCN(C(=O)c4n[nH]c5ccccc45)CC3)C2)CC1. The molecule has 0 radical (unpaired) electrons. The first-order valence-electron chi connectivity index (χ1n) is 11.9. The maximum absolute atomic E-state index is 13.1. The quantitative estimate of drug-likeness (QED) is 0.819. The molecule has 1 atom stereocenters. The molecule has 3 saturated heterocycles. The Morgan fingerprint density at radius 1 is 1.13 bits per heavy atom. The number of nitrogens with zero attached hydrogens (tertiary/aromatic N) is 4. The minimum Gasteiger partial charge on any atom is -0.375 e. The number of hydrogen-bond acceptors (Lipinski definition) is 5. The van der Waals surface area contributed by atoms with Gasteiger partial charge in [-0.2, -0.15) is 5.10 Å². The molecule has 3 aliphatic heterocycles. The Morgan fingerprint density at radius 3 is 2.61 bits per heavy atom. The van der Waals surface area contributed by atoms with Crippen LogP contribution in [0.25, 0.3) is 10.9 Å². The Kier molecular flexibility index (Phi) is 5.75. The molecule has 3 aliphatic rings. The lowest BCUT2D eigenvalue weighted by Crippen LogP contribution is -2.58. The van der Waals surface area contributed by atoms with Crippen LogP contribution in [0.1, 0.15) is 50.0 Å². The van der Waals surface area contributed by atoms with Gasteiger partial charge in [-0.15, -0.1) is 0 Å². The van der Waals surface area contributed by atoms with Gasteiger partial charge in [0.1, 0.15) is 0 Å². The first kappa shape index (κ1) is 20.9. The van der Waals surface area contributed by atoms with Gasteiger partial charge in [-0.3, -0.25) is 19.7 Å². The average molecular weight is 426 g/mol. The Morgan fingerprint density at radius 2 is 1.87 bits per heavy atom. The van der Waals surface area contributed by atoms with E-state index in [9.17, 15) is 4.79 Å². The van der Waals surface area contributed by atoms with E-state index in [0.29, 0.717) is 17.8 Å². The topological polar surface area (TPSA) is 64.7 Å². The zero-order chi connectivity index (χ0) is 21.4. The number of amides is 1. The summed E-state index contributed by atoms with van der Waals surface area (Å²) in [6.07, 6.45) is 4.07. The Balaban J connectivity index is 1.20. The van der Waals surface area contributed by atoms with Crippen molar-refractivity contribution in [2.24, 2.45) is 0 Å². The van der Waals surface area contributed by atoms with Gasteiger partial charge in [-0.1, -0.05) is 18.2 Å². The number of para-hydroxylation sites is 1. The first-order valence-corrected chi connectivity index (χ1v) is 11.9. The van der Waals surface area contributed by atoms with E-state index in [1.54, 1.807) is 0 Å². The van der Waals surface area contributed by atoms with E-state index >= 15 is 0 Å². The van der Waals surface area contributed by atoms with Crippen LogP contribution in [-0.4, -0.2) is 94.4 Å². The van der Waals surface area contributed by atoms with Gasteiger partial charge < -0.3 is 9.64 Å². The summed E-state index contributed by atoms with van der Waals surface area (Å²) in [7, 11) is 0. The van der Waals surface area contributed by atoms with Crippen molar-refractivity contribution in [2.45, 2.75) is 57.2 Å². The molecule has 2 aromatic rings. The summed E-state index contributed by atoms with van der Waals surface area (Å²) in [5.74, 6) is 0.0319. The van der Waals surface area contributed by atoms with Gasteiger partial charge in [-0.25, -0.2) is 0 Å². The third-order valence-electron chi connectivity index (χ3n) is 7.70. The molecule has 0 saturated carbocycles. The number of aromatic nitrogens is 2. The molecule has 7 heteroatoms. The highest BCUT2D eigenvalue weighted by molar-refractivity contribution is 6.04. The number of hydrogen-bond donors (Lipinski definition) is 1. The van der Waals surface area contributed by atoms with Gasteiger partial charge in [0.05, 0.1) is 11.1 Å². The van der Waals surface area contributed by atoms with E-state index in [1.807, 2.05) is 29.2 Å². The third-order valence-corrected chi connectivity index (χ3v) is 7.70. The van der Waals surface area contributed by atoms with Crippen LogP contribution in [0, 0.1) is 0 Å². The molecule has 168 valence electrons. The van der Waals surface area contributed by atoms with Crippen molar-refractivity contribution in [2.75, 3.05) is 45.9 Å². The summed E-state index contributed by atoms with van der Waals surface area (Å²) < 4.78 is 6.38. The highest BCUT2D eigenvalue weighted by Crippen LogP contribution is 2.37. The van der Waals surface area contributed by atoms with Gasteiger partial charge in [0, 0.05) is 63.3 Å². The first-order chi connectivity index (χ1) is 15.0. The number of fused-ring (bicyclic) bond motifs is 1. The van der Waals surface area contributed by atoms with Gasteiger partial charge >= 0.3 is 0 Å². The Hall–Kier alpha value is -1.96. The number of piperidine rings is 1. The molecule has 1 amide bonds. The predicted octanol–water partition coefficient (Wildman–Crippen LogP) is 2.74. The molecular weight excluding hydrogens is 390 g/mol. The predicted molar refractivity (Wildman–Crippen MR) is 121 cm³/mol. The van der Waals surface area contributed by atoms with Crippen molar-refractivity contribution < 1.29 is 9.53 Å². The van der Waals surface area contributed by atoms with Crippen molar-refractivity contribution in [1.29, 1.82) is 0 Å². The Bertz CT molecular complexity index is 910. The number of H-pyrrole nitrogens is 1. The lowest BCUT2D eigenvalue weighted by atomic mass is 9.81. The summed E-state index contributed by atoms with van der Waals surface area (Å²) in [4.78, 5) is 20.4. The number of carbonyl (C=O) groups excluding carboxylic acids is 1. The van der Waals surface area contributed by atoms with Gasteiger partial charge in [0.25, 0.3) is 5.91 Å². The second kappa shape index (κ2) is 8.52. The standard InChI is InChI=1S/C24H35N5O2/c1-18(2)27-12-14-28(15-13-27)19-7-16-31-24(17-19)8-10-29(11-9-24)23(30)22-20-5-3-4-6-21(20)25-26-22/h3-6,18-19H,7-17H2,1-2H3,(H,25,26). The lowest BCUT2D eigenvalue weighted by Gasteiger charge is -2.50. The smallest absolute Gasteiger partial charge is 0.274 e. The number of ether oxygens (including phenoxy) is 1. The number of nitrogens with one attached hydrogen (secondary N) is 1. The third kappa shape index (κ3) is 4.11. The molecule has 1 unspecified atom stereocenters. The zero-order valence-electron chi connectivity index (χ0n) is 18.8. The fourth-order valence-corrected chi connectivity index (χ4v) is 5.67. The van der Waals surface area contributed by atoms with Crippen LogP contribution in [-0.2, 0) is 4.74 Å². The number of piperazine rings is 1. The molecule has 0 aliphatic carbocycles. The van der Waals surface area contributed by atoms with Crippen LogP contribution in [0.5, 0.6) is 0 Å². The molecule has 7 nitrogen and oxygen atoms in total. The minimum atomic E-state index is -0.0669. The van der Waals surface area contributed by atoms with Crippen LogP contribution in [0.4, 0.5) is 0 Å². The van der Waals surface area contributed by atoms with E-state index in [-0.39, 0.29) is 11.5 Å². The van der Waals surface area contributed by atoms with Crippen molar-refractivity contribution in [3.8, 4) is 0 Å². The highest BCUT2D eigenvalue weighted by Gasteiger charge is 2.43. The number of benzene rings is 1. The highest BCUT2D eigenvalue weighted by atomic mass is 16.5. The molecule has 5 rings (SSSR count). The molecular formula is C24H35N5O2. The molecule has 3 fully saturated rings. The van der Waals surface area contributed by atoms with Crippen molar-refractivity contribution in [3.05, 3.63) is 30.0 Å². The second-order valence-electron chi connectivity index (χ2n) is 9.75. The monoisotopic (exact) mass is 425 g/mol. The van der Waals surface area contributed by atoms with Crippen molar-refractivity contribution >= 4 is 16.8 Å². The van der Waals surface area contributed by atoms with E-state index in [2.05, 4.69) is 33.8 Å². The van der Waals surface area contributed by atoms with Crippen LogP contribution in [0.15, 0.2) is 24.3 Å². The summed E-state index contributed by atoms with van der Waals surface area (Å²) in [6.45, 7) is 11.6. The molecule has 1 N–H and O–H groups in total. The number of carbonyl (C=O) groups is 1. The molecule has 0 bridgehead atoms. The van der Waals surface area contributed by atoms with Crippen LogP contribution in [0.2, 0.25) is 0 Å². The summed E-state index contributed by atoms with van der Waals surface area (Å²) in [5, 5.41) is 8.20. The van der Waals surface area contributed by atoms with E-state index in [0.717, 1.165) is 69.4 Å². The molecule has 1 aromatic carbocycles. The lowest BCUT2D eigenvalue weighted by molar-refractivity contribution is -0.132. The van der Waals surface area contributed by atoms with E-state index in [1.165, 1.54) is 13.1 Å². The number of rotatable bonds is 3.